The summed E-state index contributed by atoms with van der Waals surface area (Å²) in [6.45, 7) is 8.82. The number of rotatable bonds is 5. The molecule has 0 unspecified atom stereocenters. The molecule has 0 aliphatic rings. The van der Waals surface area contributed by atoms with E-state index in [4.69, 9.17) is 16.3 Å². The minimum absolute atomic E-state index is 0.0890. The molecule has 0 aliphatic carbocycles. The molecule has 5 nitrogen and oxygen atoms in total. The molecule has 4 rings (SSSR count). The molecule has 2 aromatic heterocycles. The molecule has 39 heavy (non-hydrogen) atoms. The molecule has 0 radical (unpaired) electrons. The quantitative estimate of drug-likeness (QED) is 0.138. The largest absolute Gasteiger partial charge is 0.438 e. The van der Waals surface area contributed by atoms with E-state index in [1.54, 1.807) is 6.08 Å². The highest BCUT2D eigenvalue weighted by atomic mass is 35.5. The van der Waals surface area contributed by atoms with Gasteiger partial charge in [0, 0.05) is 29.8 Å². The smallest absolute Gasteiger partial charge is 0.421 e. The topological polar surface area (TPSA) is 57.0 Å². The molecule has 12 heteroatoms. The van der Waals surface area contributed by atoms with Gasteiger partial charge in [-0.25, -0.2) is 18.2 Å². The predicted molar refractivity (Wildman–Crippen MR) is 138 cm³/mol. The molecule has 2 heterocycles. The second-order valence-corrected chi connectivity index (χ2v) is 7.81. The van der Waals surface area contributed by atoms with E-state index in [0.29, 0.717) is 12.1 Å². The lowest BCUT2D eigenvalue weighted by Crippen LogP contribution is -2.14. The number of alkyl halides is 4. The summed E-state index contributed by atoms with van der Waals surface area (Å²) in [5, 5.41) is -0.0890. The highest BCUT2D eigenvalue weighted by Gasteiger charge is 2.36. The Kier molecular flexibility index (Phi) is 11.1. The third-order valence-corrected chi connectivity index (χ3v) is 5.15. The van der Waals surface area contributed by atoms with Crippen LogP contribution in [0.3, 0.4) is 0 Å². The van der Waals surface area contributed by atoms with Crippen LogP contribution in [0.25, 0.3) is 10.9 Å². The minimum atomic E-state index is -4.78. The first-order valence-corrected chi connectivity index (χ1v) is 12.0. The number of nitrogens with zero attached hydrogens (tertiary/aromatic N) is 3. The van der Waals surface area contributed by atoms with Crippen molar-refractivity contribution in [3.05, 3.63) is 106 Å². The predicted octanol–water partition coefficient (Wildman–Crippen LogP) is 8.03. The number of fused-ring (bicyclic) bond motifs is 1. The fourth-order valence-corrected chi connectivity index (χ4v) is 3.38. The second-order valence-electron chi connectivity index (χ2n) is 7.54. The third-order valence-electron chi connectivity index (χ3n) is 4.84. The summed E-state index contributed by atoms with van der Waals surface area (Å²) in [7, 11) is 0. The zero-order valence-corrected chi connectivity index (χ0v) is 21.9. The number of ether oxygens (including phenoxy) is 1. The molecule has 0 atom stereocenters. The molecule has 0 saturated carbocycles. The number of allylic oxidation sites excluding steroid dienone is 1. The molecular formula is C27H24ClF6N3O2. The van der Waals surface area contributed by atoms with Crippen LogP contribution in [0.1, 0.15) is 37.5 Å². The highest BCUT2D eigenvalue weighted by Crippen LogP contribution is 2.37. The fraction of sp³-hybridized carbons (Fsp3) is 0.222. The average Bonchev–Trinajstić information content (AvgIpc) is 2.89. The van der Waals surface area contributed by atoms with Crippen molar-refractivity contribution in [1.29, 1.82) is 0 Å². The van der Waals surface area contributed by atoms with Crippen molar-refractivity contribution in [3.8, 4) is 11.6 Å². The number of pyridine rings is 1. The summed E-state index contributed by atoms with van der Waals surface area (Å²) in [5.41, 5.74) is -2.08. The van der Waals surface area contributed by atoms with Crippen LogP contribution in [0, 0.1) is 17.5 Å². The number of benzene rings is 2. The summed E-state index contributed by atoms with van der Waals surface area (Å²) in [4.78, 5) is 19.6. The minimum Gasteiger partial charge on any atom is -0.438 e. The maximum Gasteiger partial charge on any atom is 0.421 e. The van der Waals surface area contributed by atoms with Gasteiger partial charge in [0.15, 0.2) is 0 Å². The number of hydrogen-bond acceptors (Lipinski definition) is 4. The summed E-state index contributed by atoms with van der Waals surface area (Å²) < 4.78 is 88.1. The van der Waals surface area contributed by atoms with Gasteiger partial charge < -0.3 is 9.30 Å². The summed E-state index contributed by atoms with van der Waals surface area (Å²) in [6, 6.07) is 5.54. The molecule has 0 saturated heterocycles. The van der Waals surface area contributed by atoms with Crippen molar-refractivity contribution in [2.75, 3.05) is 0 Å². The van der Waals surface area contributed by atoms with Gasteiger partial charge in [0.2, 0.25) is 5.88 Å². The molecule has 208 valence electrons. The fourth-order valence-electron chi connectivity index (χ4n) is 3.24. The van der Waals surface area contributed by atoms with E-state index >= 15 is 0 Å². The first-order valence-electron chi connectivity index (χ1n) is 11.5. The summed E-state index contributed by atoms with van der Waals surface area (Å²) in [6.07, 6.45) is -0.862. The Labute approximate surface area is 225 Å². The first-order chi connectivity index (χ1) is 18.5. The molecule has 0 amide bonds. The van der Waals surface area contributed by atoms with Crippen molar-refractivity contribution in [2.45, 2.75) is 39.4 Å². The molecule has 2 aromatic carbocycles. The Balaban J connectivity index is 0.000000998. The number of hydrogen-bond donors (Lipinski definition) is 0. The first kappa shape index (κ1) is 31.4. The van der Waals surface area contributed by atoms with Gasteiger partial charge in [-0.1, -0.05) is 19.9 Å². The third kappa shape index (κ3) is 7.82. The maximum absolute atomic E-state index is 14.1. The van der Waals surface area contributed by atoms with Crippen molar-refractivity contribution in [2.24, 2.45) is 0 Å². The van der Waals surface area contributed by atoms with E-state index in [9.17, 15) is 31.1 Å². The molecule has 0 N–H and O–H groups in total. The average molecular weight is 572 g/mol. The van der Waals surface area contributed by atoms with Gasteiger partial charge in [0.25, 0.3) is 5.56 Å². The maximum atomic E-state index is 14.1. The zero-order valence-electron chi connectivity index (χ0n) is 21.1. The van der Waals surface area contributed by atoms with Crippen molar-refractivity contribution in [1.82, 2.24) is 14.5 Å². The zero-order chi connectivity index (χ0) is 29.3. The lowest BCUT2D eigenvalue weighted by molar-refractivity contribution is -0.138. The van der Waals surface area contributed by atoms with Gasteiger partial charge in [-0.2, -0.15) is 18.2 Å². The monoisotopic (exact) mass is 571 g/mol. The van der Waals surface area contributed by atoms with E-state index in [-0.39, 0.29) is 28.1 Å². The van der Waals surface area contributed by atoms with Crippen LogP contribution in [0.2, 0.25) is 0 Å². The molecule has 4 aromatic rings. The number of halogens is 7. The summed E-state index contributed by atoms with van der Waals surface area (Å²) >= 11 is 5.59. The van der Waals surface area contributed by atoms with Gasteiger partial charge >= 0.3 is 6.18 Å². The van der Waals surface area contributed by atoms with E-state index in [1.165, 1.54) is 16.7 Å². The van der Waals surface area contributed by atoms with Crippen LogP contribution in [-0.4, -0.2) is 14.5 Å². The van der Waals surface area contributed by atoms with Crippen LogP contribution >= 0.6 is 11.6 Å². The standard InChI is InChI=1S/C22H12ClF6N3O2.C3H6.C2H6/c23-7-11-3-16(22(27,28)29)21(30-8-11)34-13-1-2-19-14(6-13)20(33)31-10-32(19)9-15-17(25)4-12(24)5-18(15)26;1-3-2;1-2/h1-6,8,10H,7,9H2;3H,1H2,2H3;1-2H3. The van der Waals surface area contributed by atoms with Crippen LogP contribution < -0.4 is 10.3 Å². The SMILES string of the molecule is C=CC.CC.O=c1ncn(Cc2c(F)cc(F)cc2F)c2ccc(Oc3ncc(CCl)cc3C(F)(F)F)cc12. The normalized spacial score (nSPS) is 10.7. The summed E-state index contributed by atoms with van der Waals surface area (Å²) in [5.74, 6) is -4.44. The Morgan fingerprint density at radius 2 is 1.67 bits per heavy atom. The van der Waals surface area contributed by atoms with Gasteiger partial charge in [0.05, 0.1) is 23.8 Å². The van der Waals surface area contributed by atoms with Crippen LogP contribution in [-0.2, 0) is 18.6 Å². The van der Waals surface area contributed by atoms with Crippen molar-refractivity contribution < 1.29 is 31.1 Å². The van der Waals surface area contributed by atoms with Crippen LogP contribution in [0.4, 0.5) is 26.3 Å². The molecule has 0 aliphatic heterocycles. The Hall–Kier alpha value is -3.86. The molecule has 0 bridgehead atoms. The van der Waals surface area contributed by atoms with Gasteiger partial charge in [0.1, 0.15) is 28.8 Å². The van der Waals surface area contributed by atoms with E-state index in [2.05, 4.69) is 16.5 Å². The van der Waals surface area contributed by atoms with E-state index in [1.807, 2.05) is 20.8 Å². The highest BCUT2D eigenvalue weighted by molar-refractivity contribution is 6.17. The van der Waals surface area contributed by atoms with Crippen molar-refractivity contribution >= 4 is 22.5 Å². The van der Waals surface area contributed by atoms with Gasteiger partial charge in [-0.05, 0) is 36.8 Å². The lowest BCUT2D eigenvalue weighted by Gasteiger charge is -2.15. The van der Waals surface area contributed by atoms with E-state index < -0.39 is 52.7 Å². The van der Waals surface area contributed by atoms with E-state index in [0.717, 1.165) is 24.7 Å². The Bertz CT molecular complexity index is 1480. The van der Waals surface area contributed by atoms with Crippen LogP contribution in [0.5, 0.6) is 11.6 Å². The Morgan fingerprint density at radius 3 is 2.23 bits per heavy atom. The second kappa shape index (κ2) is 13.8. The molecule has 0 fully saturated rings. The lowest BCUT2D eigenvalue weighted by atomic mass is 10.1. The van der Waals surface area contributed by atoms with Gasteiger partial charge in [-0.15, -0.1) is 18.2 Å². The van der Waals surface area contributed by atoms with Crippen molar-refractivity contribution in [3.63, 3.8) is 0 Å². The van der Waals surface area contributed by atoms with Crippen LogP contribution in [0.15, 0.2) is 66.4 Å². The molecule has 0 spiro atoms. The Morgan fingerprint density at radius 1 is 1.05 bits per heavy atom. The van der Waals surface area contributed by atoms with Gasteiger partial charge in [-0.3, -0.25) is 4.79 Å². The molecular weight excluding hydrogens is 548 g/mol. The number of aromatic nitrogens is 3.